The normalized spacial score (nSPS) is 10.2. The molecule has 0 bridgehead atoms. The Hall–Kier alpha value is -3.25. The number of amides is 2. The topological polar surface area (TPSA) is 84.0 Å². The Kier molecular flexibility index (Phi) is 5.56. The molecule has 130 valence electrons. The maximum absolute atomic E-state index is 12.4. The van der Waals surface area contributed by atoms with Crippen LogP contribution in [0, 0.1) is 0 Å². The highest BCUT2D eigenvalue weighted by Gasteiger charge is 2.12. The fourth-order valence-electron chi connectivity index (χ4n) is 2.23. The van der Waals surface area contributed by atoms with Gasteiger partial charge >= 0.3 is 0 Å². The lowest BCUT2D eigenvalue weighted by atomic mass is 10.1. The van der Waals surface area contributed by atoms with Gasteiger partial charge in [0.2, 0.25) is 0 Å². The Morgan fingerprint density at radius 2 is 1.62 bits per heavy atom. The maximum Gasteiger partial charge on any atom is 0.257 e. The lowest BCUT2D eigenvalue weighted by molar-refractivity contribution is 0.0950. The van der Waals surface area contributed by atoms with Crippen LogP contribution in [0.1, 0.15) is 26.3 Å². The number of nitrogens with zero attached hydrogens (tertiary/aromatic N) is 2. The largest absolute Gasteiger partial charge is 0.348 e. The SMILES string of the molecule is O=C(NCc1ccncc1)c1cncc(C(=O)Nc2ccccc2Cl)c1. The number of anilines is 1. The van der Waals surface area contributed by atoms with Crippen molar-refractivity contribution in [2.75, 3.05) is 5.32 Å². The second kappa shape index (κ2) is 8.22. The van der Waals surface area contributed by atoms with E-state index in [0.717, 1.165) is 5.56 Å². The molecule has 0 aliphatic carbocycles. The highest BCUT2D eigenvalue weighted by atomic mass is 35.5. The molecular formula is C19H15ClN4O2. The third kappa shape index (κ3) is 4.43. The van der Waals surface area contributed by atoms with Crippen LogP contribution in [0.2, 0.25) is 5.02 Å². The average Bonchev–Trinajstić information content (AvgIpc) is 2.69. The quantitative estimate of drug-likeness (QED) is 0.725. The molecule has 0 unspecified atom stereocenters. The van der Waals surface area contributed by atoms with Gasteiger partial charge in [0.25, 0.3) is 11.8 Å². The predicted molar refractivity (Wildman–Crippen MR) is 99.0 cm³/mol. The molecule has 0 aliphatic heterocycles. The number of halogens is 1. The summed E-state index contributed by atoms with van der Waals surface area (Å²) in [5, 5.41) is 5.91. The monoisotopic (exact) mass is 366 g/mol. The third-order valence-corrected chi connectivity index (χ3v) is 3.92. The lowest BCUT2D eigenvalue weighted by Gasteiger charge is -2.08. The van der Waals surface area contributed by atoms with Crippen molar-refractivity contribution in [2.45, 2.75) is 6.54 Å². The molecule has 0 fully saturated rings. The molecule has 0 radical (unpaired) electrons. The summed E-state index contributed by atoms with van der Waals surface area (Å²) in [4.78, 5) is 32.6. The number of carbonyl (C=O) groups excluding carboxylic acids is 2. The van der Waals surface area contributed by atoms with E-state index in [4.69, 9.17) is 11.6 Å². The first-order valence-electron chi connectivity index (χ1n) is 7.81. The maximum atomic E-state index is 12.4. The van der Waals surface area contributed by atoms with Crippen molar-refractivity contribution in [1.82, 2.24) is 15.3 Å². The van der Waals surface area contributed by atoms with Crippen LogP contribution >= 0.6 is 11.6 Å². The van der Waals surface area contributed by atoms with E-state index in [1.807, 2.05) is 12.1 Å². The van der Waals surface area contributed by atoms with E-state index >= 15 is 0 Å². The minimum atomic E-state index is -0.394. The molecule has 0 atom stereocenters. The Bertz CT molecular complexity index is 932. The minimum Gasteiger partial charge on any atom is -0.348 e. The van der Waals surface area contributed by atoms with Gasteiger partial charge in [-0.2, -0.15) is 0 Å². The van der Waals surface area contributed by atoms with Crippen molar-refractivity contribution >= 4 is 29.1 Å². The fraction of sp³-hybridized carbons (Fsp3) is 0.0526. The second-order valence-electron chi connectivity index (χ2n) is 5.43. The molecule has 0 saturated heterocycles. The summed E-state index contributed by atoms with van der Waals surface area (Å²) in [6, 6.07) is 12.0. The number of para-hydroxylation sites is 1. The summed E-state index contributed by atoms with van der Waals surface area (Å²) < 4.78 is 0. The first-order chi connectivity index (χ1) is 12.6. The molecular weight excluding hydrogens is 352 g/mol. The smallest absolute Gasteiger partial charge is 0.257 e. The van der Waals surface area contributed by atoms with Gasteiger partial charge in [0.05, 0.1) is 21.8 Å². The van der Waals surface area contributed by atoms with Crippen molar-refractivity contribution in [1.29, 1.82) is 0 Å². The molecule has 0 spiro atoms. The molecule has 2 N–H and O–H groups in total. The van der Waals surface area contributed by atoms with E-state index in [2.05, 4.69) is 20.6 Å². The highest BCUT2D eigenvalue weighted by molar-refractivity contribution is 6.33. The van der Waals surface area contributed by atoms with Crippen LogP contribution in [0.3, 0.4) is 0 Å². The molecule has 2 heterocycles. The van der Waals surface area contributed by atoms with E-state index in [9.17, 15) is 9.59 Å². The summed E-state index contributed by atoms with van der Waals surface area (Å²) in [7, 11) is 0. The summed E-state index contributed by atoms with van der Waals surface area (Å²) >= 11 is 6.04. The van der Waals surface area contributed by atoms with E-state index in [1.165, 1.54) is 18.5 Å². The van der Waals surface area contributed by atoms with Gasteiger partial charge in [-0.3, -0.25) is 19.6 Å². The van der Waals surface area contributed by atoms with Crippen LogP contribution in [0.15, 0.2) is 67.3 Å². The van der Waals surface area contributed by atoms with E-state index in [1.54, 1.807) is 36.7 Å². The molecule has 0 aliphatic rings. The molecule has 3 aromatic rings. The van der Waals surface area contributed by atoms with Crippen LogP contribution in [0.25, 0.3) is 0 Å². The zero-order valence-electron chi connectivity index (χ0n) is 13.6. The Morgan fingerprint density at radius 1 is 0.923 bits per heavy atom. The summed E-state index contributed by atoms with van der Waals surface area (Å²) in [6.07, 6.45) is 6.12. The van der Waals surface area contributed by atoms with Gasteiger partial charge < -0.3 is 10.6 Å². The zero-order valence-corrected chi connectivity index (χ0v) is 14.4. The number of hydrogen-bond acceptors (Lipinski definition) is 4. The second-order valence-corrected chi connectivity index (χ2v) is 5.84. The number of hydrogen-bond donors (Lipinski definition) is 2. The number of rotatable bonds is 5. The van der Waals surface area contributed by atoms with Gasteiger partial charge in [-0.05, 0) is 35.9 Å². The van der Waals surface area contributed by atoms with Gasteiger partial charge in [-0.25, -0.2) is 0 Å². The first kappa shape index (κ1) is 17.6. The van der Waals surface area contributed by atoms with Gasteiger partial charge in [-0.1, -0.05) is 23.7 Å². The Labute approximate surface area is 155 Å². The van der Waals surface area contributed by atoms with Crippen LogP contribution in [0.4, 0.5) is 5.69 Å². The third-order valence-electron chi connectivity index (χ3n) is 3.59. The molecule has 3 rings (SSSR count). The van der Waals surface area contributed by atoms with Crippen molar-refractivity contribution in [3.8, 4) is 0 Å². The number of nitrogens with one attached hydrogen (secondary N) is 2. The van der Waals surface area contributed by atoms with Crippen LogP contribution in [0.5, 0.6) is 0 Å². The lowest BCUT2D eigenvalue weighted by Crippen LogP contribution is -2.23. The molecule has 7 heteroatoms. The standard InChI is InChI=1S/C19H15ClN4O2/c20-16-3-1-2-4-17(16)24-19(26)15-9-14(11-22-12-15)18(25)23-10-13-5-7-21-8-6-13/h1-9,11-12H,10H2,(H,23,25)(H,24,26). The predicted octanol–water partition coefficient (Wildman–Crippen LogP) is 3.31. The van der Waals surface area contributed by atoms with Gasteiger partial charge in [-0.15, -0.1) is 0 Å². The Morgan fingerprint density at radius 3 is 2.35 bits per heavy atom. The minimum absolute atomic E-state index is 0.265. The molecule has 1 aromatic carbocycles. The van der Waals surface area contributed by atoms with Gasteiger partial charge in [0, 0.05) is 31.3 Å². The number of pyridine rings is 2. The van der Waals surface area contributed by atoms with Crippen LogP contribution < -0.4 is 10.6 Å². The van der Waals surface area contributed by atoms with Crippen LogP contribution in [-0.4, -0.2) is 21.8 Å². The molecule has 6 nitrogen and oxygen atoms in total. The van der Waals surface area contributed by atoms with Gasteiger partial charge in [0.15, 0.2) is 0 Å². The molecule has 0 saturated carbocycles. The summed E-state index contributed by atoms with van der Waals surface area (Å²) in [5.41, 5.74) is 1.98. The van der Waals surface area contributed by atoms with Crippen molar-refractivity contribution in [3.63, 3.8) is 0 Å². The zero-order chi connectivity index (χ0) is 18.4. The van der Waals surface area contributed by atoms with Crippen molar-refractivity contribution in [2.24, 2.45) is 0 Å². The number of carbonyl (C=O) groups is 2. The van der Waals surface area contributed by atoms with Gasteiger partial charge in [0.1, 0.15) is 0 Å². The molecule has 2 aromatic heterocycles. The number of benzene rings is 1. The molecule has 2 amide bonds. The van der Waals surface area contributed by atoms with Crippen molar-refractivity contribution < 1.29 is 9.59 Å². The van der Waals surface area contributed by atoms with Crippen molar-refractivity contribution in [3.05, 3.63) is 89.0 Å². The van der Waals surface area contributed by atoms with Crippen LogP contribution in [-0.2, 0) is 6.54 Å². The first-order valence-corrected chi connectivity index (χ1v) is 8.19. The highest BCUT2D eigenvalue weighted by Crippen LogP contribution is 2.21. The Balaban J connectivity index is 1.68. The summed E-state index contributed by atoms with van der Waals surface area (Å²) in [6.45, 7) is 0.359. The van der Waals surface area contributed by atoms with E-state index < -0.39 is 5.91 Å². The average molecular weight is 367 g/mol. The summed E-state index contributed by atoms with van der Waals surface area (Å²) in [5.74, 6) is -0.712. The molecule has 26 heavy (non-hydrogen) atoms. The van der Waals surface area contributed by atoms with E-state index in [-0.39, 0.29) is 11.5 Å². The fourth-order valence-corrected chi connectivity index (χ4v) is 2.41. The van der Waals surface area contributed by atoms with E-state index in [0.29, 0.717) is 22.8 Å². The number of aromatic nitrogens is 2.